The zero-order chi connectivity index (χ0) is 12.6. The van der Waals surface area contributed by atoms with Crippen LogP contribution >= 0.6 is 0 Å². The fourth-order valence-electron chi connectivity index (χ4n) is 0.734. The summed E-state index contributed by atoms with van der Waals surface area (Å²) in [5.41, 5.74) is 0.699. The highest BCUT2D eigenvalue weighted by molar-refractivity contribution is 6.27. The summed E-state index contributed by atoms with van der Waals surface area (Å²) in [7, 11) is 1.62. The van der Waals surface area contributed by atoms with Crippen LogP contribution in [0.2, 0.25) is 0 Å². The third-order valence-corrected chi connectivity index (χ3v) is 1.45. The lowest BCUT2D eigenvalue weighted by atomic mass is 10.2. The molecular formula is C10H11NO5. The van der Waals surface area contributed by atoms with Gasteiger partial charge in [0, 0.05) is 12.6 Å². The van der Waals surface area contributed by atoms with E-state index >= 15 is 0 Å². The van der Waals surface area contributed by atoms with Gasteiger partial charge in [-0.25, -0.2) is 9.59 Å². The van der Waals surface area contributed by atoms with Crippen molar-refractivity contribution in [2.24, 2.45) is 0 Å². The number of carbonyl (C=O) groups excluding carboxylic acids is 1. The molecule has 1 aromatic rings. The number of carboxylic acids is 2. The fraction of sp³-hybridized carbons (Fsp3) is 0.100. The topological polar surface area (TPSA) is 104 Å². The summed E-state index contributed by atoms with van der Waals surface area (Å²) >= 11 is 0. The molecule has 6 nitrogen and oxygen atoms in total. The highest BCUT2D eigenvalue weighted by Crippen LogP contribution is 1.96. The first-order valence-corrected chi connectivity index (χ1v) is 4.22. The first-order valence-electron chi connectivity index (χ1n) is 4.22. The zero-order valence-corrected chi connectivity index (χ0v) is 8.51. The molecule has 0 saturated heterocycles. The first-order chi connectivity index (χ1) is 7.49. The van der Waals surface area contributed by atoms with Crippen molar-refractivity contribution in [3.05, 3.63) is 35.9 Å². The Bertz CT molecular complexity index is 362. The largest absolute Gasteiger partial charge is 0.473 e. The maximum Gasteiger partial charge on any atom is 0.414 e. The molecule has 0 radical (unpaired) electrons. The van der Waals surface area contributed by atoms with Crippen molar-refractivity contribution in [2.75, 3.05) is 7.05 Å². The standard InChI is InChI=1S/C8H9NO.C2H2O4/c1-9-8(10)7-5-3-2-4-6-7;3-1(4)2(5)6/h2-6H,1H3,(H,9,10);(H,3,4)(H,5,6). The number of benzene rings is 1. The van der Waals surface area contributed by atoms with Gasteiger partial charge in [-0.2, -0.15) is 0 Å². The molecule has 0 bridgehead atoms. The predicted octanol–water partition coefficient (Wildman–Crippen LogP) is 0.202. The highest BCUT2D eigenvalue weighted by Gasteiger charge is 2.04. The van der Waals surface area contributed by atoms with Gasteiger partial charge in [0.25, 0.3) is 5.91 Å². The Hall–Kier alpha value is -2.37. The summed E-state index contributed by atoms with van der Waals surface area (Å²) in [6.45, 7) is 0. The van der Waals surface area contributed by atoms with E-state index < -0.39 is 11.9 Å². The van der Waals surface area contributed by atoms with Gasteiger partial charge in [0.05, 0.1) is 0 Å². The number of nitrogens with one attached hydrogen (secondary N) is 1. The molecule has 86 valence electrons. The third kappa shape index (κ3) is 5.38. The van der Waals surface area contributed by atoms with E-state index in [0.29, 0.717) is 5.56 Å². The summed E-state index contributed by atoms with van der Waals surface area (Å²) in [6.07, 6.45) is 0. The summed E-state index contributed by atoms with van der Waals surface area (Å²) in [4.78, 5) is 29.1. The molecule has 0 spiro atoms. The lowest BCUT2D eigenvalue weighted by molar-refractivity contribution is -0.159. The van der Waals surface area contributed by atoms with Crippen LogP contribution in [0.3, 0.4) is 0 Å². The molecule has 0 aromatic heterocycles. The average Bonchev–Trinajstić information content (AvgIpc) is 2.30. The van der Waals surface area contributed by atoms with Crippen molar-refractivity contribution in [1.82, 2.24) is 5.32 Å². The Morgan fingerprint density at radius 2 is 1.44 bits per heavy atom. The van der Waals surface area contributed by atoms with Gasteiger partial charge in [0.1, 0.15) is 0 Å². The molecule has 0 atom stereocenters. The smallest absolute Gasteiger partial charge is 0.414 e. The number of rotatable bonds is 1. The van der Waals surface area contributed by atoms with Crippen LogP contribution < -0.4 is 5.32 Å². The SMILES string of the molecule is CNC(=O)c1ccccc1.O=C(O)C(=O)O. The second kappa shape index (κ2) is 6.99. The van der Waals surface area contributed by atoms with E-state index in [2.05, 4.69) is 5.32 Å². The van der Waals surface area contributed by atoms with Gasteiger partial charge in [0.2, 0.25) is 0 Å². The molecule has 3 N–H and O–H groups in total. The Morgan fingerprint density at radius 3 is 1.75 bits per heavy atom. The molecule has 0 heterocycles. The van der Waals surface area contributed by atoms with Crippen molar-refractivity contribution >= 4 is 17.8 Å². The lowest BCUT2D eigenvalue weighted by Gasteiger charge is -1.96. The minimum Gasteiger partial charge on any atom is -0.473 e. The van der Waals surface area contributed by atoms with Crippen LogP contribution in [0.15, 0.2) is 30.3 Å². The summed E-state index contributed by atoms with van der Waals surface area (Å²) in [5, 5.41) is 17.3. The minimum atomic E-state index is -1.82. The zero-order valence-electron chi connectivity index (χ0n) is 8.51. The van der Waals surface area contributed by atoms with Gasteiger partial charge in [-0.05, 0) is 12.1 Å². The van der Waals surface area contributed by atoms with Gasteiger partial charge in [0.15, 0.2) is 0 Å². The van der Waals surface area contributed by atoms with Gasteiger partial charge >= 0.3 is 11.9 Å². The maximum absolute atomic E-state index is 10.9. The van der Waals surface area contributed by atoms with E-state index in [9.17, 15) is 4.79 Å². The summed E-state index contributed by atoms with van der Waals surface area (Å²) in [6, 6.07) is 9.11. The average molecular weight is 225 g/mol. The number of hydrogen-bond acceptors (Lipinski definition) is 3. The molecule has 0 aliphatic rings. The second-order valence-corrected chi connectivity index (χ2v) is 2.56. The van der Waals surface area contributed by atoms with E-state index in [0.717, 1.165) is 0 Å². The van der Waals surface area contributed by atoms with Crippen LogP contribution in [0, 0.1) is 0 Å². The Kier molecular flexibility index (Phi) is 5.96. The molecule has 1 rings (SSSR count). The lowest BCUT2D eigenvalue weighted by Crippen LogP contribution is -2.17. The van der Waals surface area contributed by atoms with Crippen molar-refractivity contribution in [3.8, 4) is 0 Å². The number of carbonyl (C=O) groups is 3. The van der Waals surface area contributed by atoms with Crippen LogP contribution in [-0.4, -0.2) is 35.1 Å². The van der Waals surface area contributed by atoms with Crippen LogP contribution in [0.1, 0.15) is 10.4 Å². The monoisotopic (exact) mass is 225 g/mol. The van der Waals surface area contributed by atoms with E-state index in [1.807, 2.05) is 18.2 Å². The van der Waals surface area contributed by atoms with Crippen molar-refractivity contribution in [2.45, 2.75) is 0 Å². The number of carboxylic acid groups (broad SMARTS) is 2. The molecule has 0 fully saturated rings. The van der Waals surface area contributed by atoms with Crippen LogP contribution in [0.25, 0.3) is 0 Å². The molecule has 16 heavy (non-hydrogen) atoms. The van der Waals surface area contributed by atoms with Gasteiger partial charge in [-0.15, -0.1) is 0 Å². The van der Waals surface area contributed by atoms with E-state index in [4.69, 9.17) is 19.8 Å². The molecule has 0 unspecified atom stereocenters. The number of hydrogen-bond donors (Lipinski definition) is 3. The van der Waals surface area contributed by atoms with E-state index in [-0.39, 0.29) is 5.91 Å². The quantitative estimate of drug-likeness (QED) is 0.592. The molecule has 1 amide bonds. The van der Waals surface area contributed by atoms with E-state index in [1.165, 1.54) is 0 Å². The highest BCUT2D eigenvalue weighted by atomic mass is 16.4. The van der Waals surface area contributed by atoms with Crippen LogP contribution in [0.5, 0.6) is 0 Å². The molecule has 6 heteroatoms. The van der Waals surface area contributed by atoms with Gasteiger partial charge in [-0.3, -0.25) is 4.79 Å². The summed E-state index contributed by atoms with van der Waals surface area (Å²) in [5.74, 6) is -3.69. The summed E-state index contributed by atoms with van der Waals surface area (Å²) < 4.78 is 0. The number of aliphatic carboxylic acids is 2. The van der Waals surface area contributed by atoms with E-state index in [1.54, 1.807) is 19.2 Å². The van der Waals surface area contributed by atoms with Crippen molar-refractivity contribution < 1.29 is 24.6 Å². The first kappa shape index (κ1) is 13.6. The normalized spacial score (nSPS) is 8.31. The predicted molar refractivity (Wildman–Crippen MR) is 55.1 cm³/mol. The molecule has 0 aliphatic carbocycles. The number of amides is 1. The van der Waals surface area contributed by atoms with Crippen LogP contribution in [0.4, 0.5) is 0 Å². The van der Waals surface area contributed by atoms with Crippen molar-refractivity contribution in [1.29, 1.82) is 0 Å². The molecule has 1 aromatic carbocycles. The van der Waals surface area contributed by atoms with Crippen molar-refractivity contribution in [3.63, 3.8) is 0 Å². The second-order valence-electron chi connectivity index (χ2n) is 2.56. The fourth-order valence-corrected chi connectivity index (χ4v) is 0.734. The Morgan fingerprint density at radius 1 is 1.00 bits per heavy atom. The maximum atomic E-state index is 10.9. The Labute approximate surface area is 91.5 Å². The van der Waals surface area contributed by atoms with Gasteiger partial charge < -0.3 is 15.5 Å². The third-order valence-electron chi connectivity index (χ3n) is 1.45. The van der Waals surface area contributed by atoms with Gasteiger partial charge in [-0.1, -0.05) is 18.2 Å². The minimum absolute atomic E-state index is 0.0411. The molecular weight excluding hydrogens is 214 g/mol. The Balaban J connectivity index is 0.000000325. The van der Waals surface area contributed by atoms with Crippen LogP contribution in [-0.2, 0) is 9.59 Å². The molecule has 0 saturated carbocycles. The molecule has 0 aliphatic heterocycles.